The Morgan fingerprint density at radius 1 is 1.45 bits per heavy atom. The molecule has 0 spiro atoms. The minimum atomic E-state index is -0.417. The quantitative estimate of drug-likeness (QED) is 0.331. The van der Waals surface area contributed by atoms with E-state index < -0.39 is 5.82 Å². The minimum absolute atomic E-state index is 0.115. The molecule has 0 bridgehead atoms. The van der Waals surface area contributed by atoms with E-state index in [9.17, 15) is 4.39 Å². The van der Waals surface area contributed by atoms with Gasteiger partial charge >= 0.3 is 0 Å². The molecule has 0 fully saturated rings. The predicted octanol–water partition coefficient (Wildman–Crippen LogP) is 4.61. The highest BCUT2D eigenvalue weighted by atomic mass is 127. The summed E-state index contributed by atoms with van der Waals surface area (Å²) in [7, 11) is 0. The van der Waals surface area contributed by atoms with E-state index in [1.54, 1.807) is 0 Å². The first-order valence-corrected chi connectivity index (χ1v) is 5.56. The van der Waals surface area contributed by atoms with Gasteiger partial charge in [-0.05, 0) is 60.5 Å². The first-order valence-electron chi connectivity index (χ1n) is 2.52. The molecular formula is C6HBr2ClFI. The molecule has 0 atom stereocenters. The molecule has 0 aliphatic rings. The summed E-state index contributed by atoms with van der Waals surface area (Å²) in [5.41, 5.74) is 0. The minimum Gasteiger partial charge on any atom is -0.204 e. The van der Waals surface area contributed by atoms with Gasteiger partial charge in [0, 0.05) is 8.04 Å². The SMILES string of the molecule is Fc1c(Cl)cc(Br)c(I)c1Br. The van der Waals surface area contributed by atoms with Crippen molar-refractivity contribution in [2.24, 2.45) is 0 Å². The van der Waals surface area contributed by atoms with Crippen LogP contribution in [0.1, 0.15) is 0 Å². The van der Waals surface area contributed by atoms with E-state index in [0.717, 1.165) is 8.04 Å². The fourth-order valence-corrected chi connectivity index (χ4v) is 2.51. The summed E-state index contributed by atoms with van der Waals surface area (Å²) in [6, 6.07) is 1.53. The fourth-order valence-electron chi connectivity index (χ4n) is 0.544. The lowest BCUT2D eigenvalue weighted by molar-refractivity contribution is 0.620. The average Bonchev–Trinajstić information content (AvgIpc) is 1.97. The van der Waals surface area contributed by atoms with Crippen molar-refractivity contribution < 1.29 is 4.39 Å². The summed E-state index contributed by atoms with van der Waals surface area (Å²) >= 11 is 13.9. The molecule has 1 aromatic carbocycles. The van der Waals surface area contributed by atoms with E-state index >= 15 is 0 Å². The topological polar surface area (TPSA) is 0 Å². The third kappa shape index (κ3) is 2.08. The van der Waals surface area contributed by atoms with Gasteiger partial charge in [-0.1, -0.05) is 11.6 Å². The summed E-state index contributed by atoms with van der Waals surface area (Å²) in [5.74, 6) is -0.417. The molecule has 0 aliphatic carbocycles. The number of halogens is 5. The normalized spacial score (nSPS) is 10.3. The van der Waals surface area contributed by atoms with E-state index in [0.29, 0.717) is 4.47 Å². The van der Waals surface area contributed by atoms with Gasteiger partial charge in [0.25, 0.3) is 0 Å². The van der Waals surface area contributed by atoms with Crippen molar-refractivity contribution in [3.63, 3.8) is 0 Å². The lowest BCUT2D eigenvalue weighted by Crippen LogP contribution is -1.85. The maximum Gasteiger partial charge on any atom is 0.157 e. The molecule has 1 aromatic rings. The van der Waals surface area contributed by atoms with Gasteiger partial charge in [0.2, 0.25) is 0 Å². The van der Waals surface area contributed by atoms with Crippen LogP contribution in [0.25, 0.3) is 0 Å². The first kappa shape index (κ1) is 10.2. The van der Waals surface area contributed by atoms with Crippen LogP contribution in [0, 0.1) is 9.39 Å². The molecule has 0 aromatic heterocycles. The monoisotopic (exact) mass is 412 g/mol. The third-order valence-electron chi connectivity index (χ3n) is 1.06. The van der Waals surface area contributed by atoms with E-state index in [1.165, 1.54) is 6.07 Å². The maximum atomic E-state index is 13.0. The van der Waals surface area contributed by atoms with Gasteiger partial charge in [0.05, 0.1) is 9.50 Å². The molecule has 5 heteroatoms. The van der Waals surface area contributed by atoms with E-state index in [4.69, 9.17) is 11.6 Å². The molecule has 0 N–H and O–H groups in total. The molecule has 0 nitrogen and oxygen atoms in total. The van der Waals surface area contributed by atoms with Gasteiger partial charge < -0.3 is 0 Å². The smallest absolute Gasteiger partial charge is 0.157 e. The summed E-state index contributed by atoms with van der Waals surface area (Å²) < 4.78 is 14.9. The molecule has 11 heavy (non-hydrogen) atoms. The van der Waals surface area contributed by atoms with Gasteiger partial charge in [-0.3, -0.25) is 0 Å². The van der Waals surface area contributed by atoms with Crippen LogP contribution in [0.15, 0.2) is 15.0 Å². The van der Waals surface area contributed by atoms with Crippen molar-refractivity contribution in [2.75, 3.05) is 0 Å². The number of benzene rings is 1. The van der Waals surface area contributed by atoms with Crippen LogP contribution in [0.4, 0.5) is 4.39 Å². The molecule has 60 valence electrons. The van der Waals surface area contributed by atoms with Crippen LogP contribution in [-0.2, 0) is 0 Å². The number of rotatable bonds is 0. The Kier molecular flexibility index (Phi) is 3.61. The van der Waals surface area contributed by atoms with Crippen molar-refractivity contribution in [1.82, 2.24) is 0 Å². The second kappa shape index (κ2) is 3.89. The Balaban J connectivity index is 3.46. The Labute approximate surface area is 98.9 Å². The summed E-state index contributed by atoms with van der Waals surface area (Å²) in [6.07, 6.45) is 0. The Bertz CT molecular complexity index is 277. The van der Waals surface area contributed by atoms with Gasteiger partial charge in [0.15, 0.2) is 5.82 Å². The second-order valence-corrected chi connectivity index (χ2v) is 4.92. The standard InChI is InChI=1S/C6HBr2ClFI/c7-2-1-3(9)5(10)4(8)6(2)11/h1H. The number of hydrogen-bond donors (Lipinski definition) is 0. The van der Waals surface area contributed by atoms with Crippen LogP contribution in [0.3, 0.4) is 0 Å². The summed E-state index contributed by atoms with van der Waals surface area (Å²) in [5, 5.41) is 0.115. The fraction of sp³-hybridized carbons (Fsp3) is 0. The number of hydrogen-bond acceptors (Lipinski definition) is 0. The first-order chi connectivity index (χ1) is 5.04. The Morgan fingerprint density at radius 2 is 2.00 bits per heavy atom. The van der Waals surface area contributed by atoms with E-state index in [1.807, 2.05) is 22.6 Å². The lowest BCUT2D eigenvalue weighted by atomic mass is 10.3. The van der Waals surface area contributed by atoms with Gasteiger partial charge in [-0.25, -0.2) is 4.39 Å². The molecule has 0 saturated heterocycles. The lowest BCUT2D eigenvalue weighted by Gasteiger charge is -2.02. The summed E-state index contributed by atoms with van der Waals surface area (Å²) in [6.45, 7) is 0. The highest BCUT2D eigenvalue weighted by molar-refractivity contribution is 14.1. The zero-order chi connectivity index (χ0) is 8.59. The van der Waals surface area contributed by atoms with Crippen molar-refractivity contribution in [3.05, 3.63) is 29.4 Å². The molecule has 1 rings (SSSR count). The molecule has 0 saturated carbocycles. The highest BCUT2D eigenvalue weighted by Gasteiger charge is 2.11. The average molecular weight is 414 g/mol. The maximum absolute atomic E-state index is 13.0. The van der Waals surface area contributed by atoms with Crippen molar-refractivity contribution in [1.29, 1.82) is 0 Å². The van der Waals surface area contributed by atoms with E-state index in [-0.39, 0.29) is 5.02 Å². The zero-order valence-electron chi connectivity index (χ0n) is 4.97. The second-order valence-electron chi connectivity index (χ2n) is 1.78. The molecule has 0 amide bonds. The van der Waals surface area contributed by atoms with Crippen molar-refractivity contribution in [2.45, 2.75) is 0 Å². The van der Waals surface area contributed by atoms with Gasteiger partial charge in [-0.15, -0.1) is 0 Å². The molecule has 0 aliphatic heterocycles. The van der Waals surface area contributed by atoms with Gasteiger partial charge in [-0.2, -0.15) is 0 Å². The Hall–Kier alpha value is 1.13. The molecule has 0 unspecified atom stereocenters. The molecule has 0 heterocycles. The Morgan fingerprint density at radius 3 is 2.55 bits per heavy atom. The van der Waals surface area contributed by atoms with Crippen molar-refractivity contribution >= 4 is 66.1 Å². The largest absolute Gasteiger partial charge is 0.204 e. The van der Waals surface area contributed by atoms with Crippen LogP contribution in [0.5, 0.6) is 0 Å². The van der Waals surface area contributed by atoms with Crippen LogP contribution in [-0.4, -0.2) is 0 Å². The van der Waals surface area contributed by atoms with Crippen LogP contribution < -0.4 is 0 Å². The highest BCUT2D eigenvalue weighted by Crippen LogP contribution is 2.33. The third-order valence-corrected chi connectivity index (χ3v) is 5.31. The van der Waals surface area contributed by atoms with Crippen molar-refractivity contribution in [3.8, 4) is 0 Å². The van der Waals surface area contributed by atoms with Crippen LogP contribution in [0.2, 0.25) is 5.02 Å². The molecular weight excluding hydrogens is 413 g/mol. The summed E-state index contributed by atoms with van der Waals surface area (Å²) in [4.78, 5) is 0. The zero-order valence-corrected chi connectivity index (χ0v) is 11.1. The van der Waals surface area contributed by atoms with E-state index in [2.05, 4.69) is 31.9 Å². The molecule has 0 radical (unpaired) electrons. The van der Waals surface area contributed by atoms with Crippen LogP contribution >= 0.6 is 66.1 Å². The predicted molar refractivity (Wildman–Crippen MR) is 59.5 cm³/mol. The van der Waals surface area contributed by atoms with Gasteiger partial charge in [0.1, 0.15) is 0 Å².